The first kappa shape index (κ1) is 15.7. The number of rotatable bonds is 4. The first-order valence-corrected chi connectivity index (χ1v) is 6.52. The number of carbonyl (C=O) groups is 4. The third-order valence-electron chi connectivity index (χ3n) is 4.63. The maximum absolute atomic E-state index is 11.5. The fourth-order valence-electron chi connectivity index (χ4n) is 3.61. The van der Waals surface area contributed by atoms with Crippen LogP contribution in [0.5, 0.6) is 0 Å². The van der Waals surface area contributed by atoms with E-state index in [2.05, 4.69) is 0 Å². The van der Waals surface area contributed by atoms with Gasteiger partial charge in [-0.25, -0.2) is 19.2 Å². The Morgan fingerprint density at radius 1 is 0.591 bits per heavy atom. The van der Waals surface area contributed by atoms with Crippen LogP contribution in [0, 0.1) is 23.7 Å². The van der Waals surface area contributed by atoms with E-state index in [-0.39, 0.29) is 0 Å². The van der Waals surface area contributed by atoms with Crippen molar-refractivity contribution in [3.63, 3.8) is 0 Å². The summed E-state index contributed by atoms with van der Waals surface area (Å²) < 4.78 is 0. The summed E-state index contributed by atoms with van der Waals surface area (Å²) in [5, 5.41) is 37.3. The zero-order valence-electron chi connectivity index (χ0n) is 11.7. The van der Waals surface area contributed by atoms with Crippen LogP contribution in [0.4, 0.5) is 0 Å². The van der Waals surface area contributed by atoms with Gasteiger partial charge in [-0.2, -0.15) is 0 Å². The summed E-state index contributed by atoms with van der Waals surface area (Å²) >= 11 is 0. The van der Waals surface area contributed by atoms with Gasteiger partial charge in [0, 0.05) is 11.8 Å². The van der Waals surface area contributed by atoms with Crippen LogP contribution in [-0.4, -0.2) is 44.3 Å². The lowest BCUT2D eigenvalue weighted by Crippen LogP contribution is -2.48. The zero-order chi connectivity index (χ0) is 16.9. The molecule has 0 saturated carbocycles. The van der Waals surface area contributed by atoms with E-state index in [4.69, 9.17) is 0 Å². The molecular formula is C14H14O8. The predicted molar refractivity (Wildman–Crippen MR) is 69.9 cm³/mol. The minimum atomic E-state index is -1.53. The van der Waals surface area contributed by atoms with Gasteiger partial charge >= 0.3 is 23.9 Å². The van der Waals surface area contributed by atoms with E-state index < -0.39 is 69.8 Å². The van der Waals surface area contributed by atoms with E-state index in [0.717, 1.165) is 0 Å². The van der Waals surface area contributed by atoms with Gasteiger partial charge in [0.15, 0.2) is 0 Å². The van der Waals surface area contributed by atoms with Crippen LogP contribution < -0.4 is 0 Å². The standard InChI is InChI=1S/C14H14O8/c1-3-4(2)6-9(13(19)20)7(11(15)16)5(3)8(12(17)18)10(6)14(21)22/h3-6H,1-2H3,(H,15,16)(H,17,18)(H,19,20)(H,21,22). The summed E-state index contributed by atoms with van der Waals surface area (Å²) in [6.45, 7) is 3.21. The lowest BCUT2D eigenvalue weighted by molar-refractivity contribution is -0.141. The molecule has 3 aliphatic carbocycles. The third-order valence-corrected chi connectivity index (χ3v) is 4.63. The summed E-state index contributed by atoms with van der Waals surface area (Å²) in [4.78, 5) is 45.9. The van der Waals surface area contributed by atoms with E-state index in [0.29, 0.717) is 0 Å². The Morgan fingerprint density at radius 3 is 0.909 bits per heavy atom. The van der Waals surface area contributed by atoms with Gasteiger partial charge in [-0.05, 0) is 11.8 Å². The van der Waals surface area contributed by atoms with Gasteiger partial charge in [0.05, 0.1) is 22.3 Å². The van der Waals surface area contributed by atoms with Crippen molar-refractivity contribution in [1.82, 2.24) is 0 Å². The Labute approximate surface area is 124 Å². The molecule has 8 heteroatoms. The topological polar surface area (TPSA) is 149 Å². The normalized spacial score (nSPS) is 30.5. The van der Waals surface area contributed by atoms with E-state index in [9.17, 15) is 39.6 Å². The maximum atomic E-state index is 11.5. The fraction of sp³-hybridized carbons (Fsp3) is 0.429. The minimum absolute atomic E-state index is 0.492. The second-order valence-electron chi connectivity index (χ2n) is 5.55. The van der Waals surface area contributed by atoms with Crippen LogP contribution in [0.3, 0.4) is 0 Å². The molecule has 2 bridgehead atoms. The van der Waals surface area contributed by atoms with Crippen LogP contribution in [0.15, 0.2) is 22.3 Å². The highest BCUT2D eigenvalue weighted by atomic mass is 16.4. The predicted octanol–water partition coefficient (Wildman–Crippen LogP) is 0.450. The quantitative estimate of drug-likeness (QED) is 0.584. The third kappa shape index (κ3) is 1.91. The van der Waals surface area contributed by atoms with Crippen molar-refractivity contribution in [2.75, 3.05) is 0 Å². The van der Waals surface area contributed by atoms with Crippen LogP contribution in [0.25, 0.3) is 0 Å². The Kier molecular flexibility index (Phi) is 3.56. The fourth-order valence-corrected chi connectivity index (χ4v) is 3.61. The average Bonchev–Trinajstić information content (AvgIpc) is 2.40. The van der Waals surface area contributed by atoms with Crippen LogP contribution in [0.1, 0.15) is 13.8 Å². The van der Waals surface area contributed by atoms with Crippen molar-refractivity contribution >= 4 is 23.9 Å². The number of carboxylic acid groups (broad SMARTS) is 4. The lowest BCUT2D eigenvalue weighted by Gasteiger charge is -2.46. The number of fused-ring (bicyclic) bond motifs is 1. The molecule has 0 spiro atoms. The molecule has 0 amide bonds. The lowest BCUT2D eigenvalue weighted by atomic mass is 9.55. The monoisotopic (exact) mass is 310 g/mol. The molecular weight excluding hydrogens is 296 g/mol. The smallest absolute Gasteiger partial charge is 0.332 e. The molecule has 0 fully saturated rings. The molecule has 2 atom stereocenters. The number of aliphatic carboxylic acids is 4. The molecule has 3 aliphatic rings. The summed E-state index contributed by atoms with van der Waals surface area (Å²) in [6, 6.07) is 0. The Balaban J connectivity index is 2.88. The Morgan fingerprint density at radius 2 is 0.773 bits per heavy atom. The highest BCUT2D eigenvalue weighted by Gasteiger charge is 2.56. The van der Waals surface area contributed by atoms with Gasteiger partial charge in [-0.15, -0.1) is 0 Å². The number of carboxylic acids is 4. The zero-order valence-corrected chi connectivity index (χ0v) is 11.7. The van der Waals surface area contributed by atoms with Crippen molar-refractivity contribution in [1.29, 1.82) is 0 Å². The molecule has 0 aromatic heterocycles. The van der Waals surface area contributed by atoms with E-state index in [1.54, 1.807) is 13.8 Å². The maximum Gasteiger partial charge on any atom is 0.332 e. The molecule has 3 rings (SSSR count). The van der Waals surface area contributed by atoms with Crippen LogP contribution in [0.2, 0.25) is 0 Å². The molecule has 0 aliphatic heterocycles. The molecule has 4 N–H and O–H groups in total. The second kappa shape index (κ2) is 4.97. The van der Waals surface area contributed by atoms with Gasteiger partial charge < -0.3 is 20.4 Å². The summed E-state index contributed by atoms with van der Waals surface area (Å²) in [7, 11) is 0. The second-order valence-corrected chi connectivity index (χ2v) is 5.55. The van der Waals surface area contributed by atoms with E-state index >= 15 is 0 Å². The molecule has 0 heterocycles. The molecule has 118 valence electrons. The summed E-state index contributed by atoms with van der Waals surface area (Å²) in [6.07, 6.45) is 0. The molecule has 0 radical (unpaired) electrons. The van der Waals surface area contributed by atoms with Crippen molar-refractivity contribution in [3.05, 3.63) is 22.3 Å². The van der Waals surface area contributed by atoms with Crippen molar-refractivity contribution < 1.29 is 39.6 Å². The average molecular weight is 310 g/mol. The van der Waals surface area contributed by atoms with Crippen LogP contribution in [-0.2, 0) is 19.2 Å². The molecule has 22 heavy (non-hydrogen) atoms. The van der Waals surface area contributed by atoms with Gasteiger partial charge in [-0.3, -0.25) is 0 Å². The Bertz CT molecular complexity index is 562. The van der Waals surface area contributed by atoms with Gasteiger partial charge in [0.2, 0.25) is 0 Å². The highest BCUT2D eigenvalue weighted by molar-refractivity contribution is 6.09. The molecule has 0 saturated heterocycles. The number of hydrogen-bond donors (Lipinski definition) is 4. The van der Waals surface area contributed by atoms with Crippen molar-refractivity contribution in [2.45, 2.75) is 13.8 Å². The van der Waals surface area contributed by atoms with E-state index in [1.807, 2.05) is 0 Å². The number of hydrogen-bond acceptors (Lipinski definition) is 4. The first-order valence-electron chi connectivity index (χ1n) is 6.52. The van der Waals surface area contributed by atoms with Crippen molar-refractivity contribution in [2.24, 2.45) is 23.7 Å². The summed E-state index contributed by atoms with van der Waals surface area (Å²) in [5.41, 5.74) is -2.09. The molecule has 2 unspecified atom stereocenters. The largest absolute Gasteiger partial charge is 0.478 e. The highest BCUT2D eigenvalue weighted by Crippen LogP contribution is 2.54. The SMILES string of the molecule is CC1C2C(C(=O)O)=C(C(=O)O)C(C(C(=O)O)=C2C(=O)O)C1C. The molecule has 8 nitrogen and oxygen atoms in total. The first-order chi connectivity index (χ1) is 10.1. The van der Waals surface area contributed by atoms with Gasteiger partial charge in [-0.1, -0.05) is 13.8 Å². The summed E-state index contributed by atoms with van der Waals surface area (Å²) in [5.74, 6) is -9.63. The van der Waals surface area contributed by atoms with Crippen molar-refractivity contribution in [3.8, 4) is 0 Å². The molecule has 0 aromatic rings. The van der Waals surface area contributed by atoms with Gasteiger partial charge in [0.25, 0.3) is 0 Å². The minimum Gasteiger partial charge on any atom is -0.478 e. The Hall–Kier alpha value is -2.64. The molecule has 0 aromatic carbocycles. The van der Waals surface area contributed by atoms with E-state index in [1.165, 1.54) is 0 Å². The van der Waals surface area contributed by atoms with Crippen LogP contribution >= 0.6 is 0 Å². The van der Waals surface area contributed by atoms with Gasteiger partial charge in [0.1, 0.15) is 0 Å².